The molecule has 4 heteroatoms. The van der Waals surface area contributed by atoms with Gasteiger partial charge < -0.3 is 0 Å². The maximum absolute atomic E-state index is 4.32. The predicted octanol–water partition coefficient (Wildman–Crippen LogP) is 2.61. The molecule has 0 saturated carbocycles. The molecule has 0 fully saturated rings. The Labute approximate surface area is 84.4 Å². The van der Waals surface area contributed by atoms with E-state index in [2.05, 4.69) is 28.9 Å². The summed E-state index contributed by atoms with van der Waals surface area (Å²) in [6.07, 6.45) is 5.48. The Morgan fingerprint density at radius 3 is 2.57 bits per heavy atom. The molecule has 0 unspecified atom stereocenters. The number of hydrogen-bond acceptors (Lipinski definition) is 3. The second-order valence-electron chi connectivity index (χ2n) is 3.24. The maximum Gasteiger partial charge on any atom is 0.252 e. The largest absolute Gasteiger partial charge is 0.252 e. The van der Waals surface area contributed by atoms with Gasteiger partial charge in [-0.25, -0.2) is 9.67 Å². The number of rotatable bonds is 3. The quantitative estimate of drug-likeness (QED) is 0.691. The van der Waals surface area contributed by atoms with Crippen LogP contribution in [0.1, 0.15) is 39.4 Å². The fraction of sp³-hybridized carbons (Fsp3) is 0.500. The Morgan fingerprint density at radius 1 is 1.36 bits per heavy atom. The molecule has 1 heterocycles. The molecule has 0 radical (unpaired) electrons. The van der Waals surface area contributed by atoms with E-state index in [4.69, 9.17) is 0 Å². The van der Waals surface area contributed by atoms with Gasteiger partial charge in [-0.15, -0.1) is 5.10 Å². The van der Waals surface area contributed by atoms with E-state index in [0.29, 0.717) is 11.9 Å². The first-order chi connectivity index (χ1) is 6.69. The highest BCUT2D eigenvalue weighted by Gasteiger charge is 2.09. The summed E-state index contributed by atoms with van der Waals surface area (Å²) in [5.41, 5.74) is 0. The van der Waals surface area contributed by atoms with Crippen LogP contribution in [0.4, 0.5) is 5.95 Å². The van der Waals surface area contributed by atoms with E-state index >= 15 is 0 Å². The van der Waals surface area contributed by atoms with E-state index in [1.54, 1.807) is 10.9 Å². The van der Waals surface area contributed by atoms with Crippen molar-refractivity contribution in [1.82, 2.24) is 14.8 Å². The lowest BCUT2D eigenvalue weighted by atomic mass is 10.2. The summed E-state index contributed by atoms with van der Waals surface area (Å²) >= 11 is 0. The van der Waals surface area contributed by atoms with Crippen molar-refractivity contribution in [3.05, 3.63) is 11.9 Å². The zero-order chi connectivity index (χ0) is 10.6. The second kappa shape index (κ2) is 4.69. The molecule has 1 aromatic rings. The zero-order valence-corrected chi connectivity index (χ0v) is 9.10. The van der Waals surface area contributed by atoms with Gasteiger partial charge in [-0.05, 0) is 13.8 Å². The topological polar surface area (TPSA) is 43.1 Å². The molecule has 0 aliphatic carbocycles. The molecule has 1 rings (SSSR count). The molecule has 0 amide bonds. The van der Waals surface area contributed by atoms with Gasteiger partial charge in [0.15, 0.2) is 5.82 Å². The summed E-state index contributed by atoms with van der Waals surface area (Å²) in [4.78, 5) is 8.46. The minimum absolute atomic E-state index is 0.326. The standard InChI is InChI=1S/C10H16N4/c1-5-7-14-10(11-6-2)12-9(13-14)8(3)4/h5-8H,1-4H3/b7-5-,11-6-. The SMILES string of the molecule is C/C=C\n1nc(C(C)C)nc1/N=C\C. The minimum atomic E-state index is 0.326. The summed E-state index contributed by atoms with van der Waals surface area (Å²) in [5.74, 6) is 1.78. The Balaban J connectivity index is 3.11. The van der Waals surface area contributed by atoms with Crippen LogP contribution in [0.25, 0.3) is 6.20 Å². The van der Waals surface area contributed by atoms with Gasteiger partial charge in [0, 0.05) is 18.3 Å². The van der Waals surface area contributed by atoms with E-state index in [1.165, 1.54) is 0 Å². The summed E-state index contributed by atoms with van der Waals surface area (Å²) in [7, 11) is 0. The van der Waals surface area contributed by atoms with Crippen LogP contribution in [0, 0.1) is 0 Å². The fourth-order valence-corrected chi connectivity index (χ4v) is 1.02. The molecule has 0 N–H and O–H groups in total. The molecule has 0 aliphatic rings. The summed E-state index contributed by atoms with van der Waals surface area (Å²) in [6, 6.07) is 0. The van der Waals surface area contributed by atoms with Gasteiger partial charge in [-0.3, -0.25) is 0 Å². The van der Waals surface area contributed by atoms with Gasteiger partial charge in [0.2, 0.25) is 0 Å². The first kappa shape index (κ1) is 10.6. The van der Waals surface area contributed by atoms with Crippen LogP contribution in [-0.4, -0.2) is 21.0 Å². The molecule has 14 heavy (non-hydrogen) atoms. The van der Waals surface area contributed by atoms with Crippen molar-refractivity contribution in [2.75, 3.05) is 0 Å². The number of aliphatic imine (C=N–C) groups is 1. The summed E-state index contributed by atoms with van der Waals surface area (Å²) in [5, 5.41) is 4.32. The van der Waals surface area contributed by atoms with Crippen molar-refractivity contribution in [1.29, 1.82) is 0 Å². The molecular formula is C10H16N4. The smallest absolute Gasteiger partial charge is 0.224 e. The van der Waals surface area contributed by atoms with Crippen LogP contribution >= 0.6 is 0 Å². The molecule has 0 atom stereocenters. The van der Waals surface area contributed by atoms with E-state index in [-0.39, 0.29) is 0 Å². The van der Waals surface area contributed by atoms with Gasteiger partial charge in [0.05, 0.1) is 0 Å². The molecule has 0 aromatic carbocycles. The highest BCUT2D eigenvalue weighted by Crippen LogP contribution is 2.15. The Hall–Kier alpha value is -1.45. The van der Waals surface area contributed by atoms with E-state index in [0.717, 1.165) is 5.82 Å². The lowest BCUT2D eigenvalue weighted by Crippen LogP contribution is -1.92. The van der Waals surface area contributed by atoms with Crippen LogP contribution in [0.5, 0.6) is 0 Å². The van der Waals surface area contributed by atoms with Gasteiger partial charge in [0.25, 0.3) is 5.95 Å². The molecule has 4 nitrogen and oxygen atoms in total. The van der Waals surface area contributed by atoms with Gasteiger partial charge in [-0.2, -0.15) is 4.98 Å². The highest BCUT2D eigenvalue weighted by molar-refractivity contribution is 5.58. The van der Waals surface area contributed by atoms with Crippen molar-refractivity contribution in [3.63, 3.8) is 0 Å². The van der Waals surface area contributed by atoms with Crippen LogP contribution in [0.15, 0.2) is 11.1 Å². The van der Waals surface area contributed by atoms with Gasteiger partial charge in [-0.1, -0.05) is 19.9 Å². The average molecular weight is 192 g/mol. The third-order valence-electron chi connectivity index (χ3n) is 1.68. The molecule has 0 saturated heterocycles. The second-order valence-corrected chi connectivity index (χ2v) is 3.24. The molecule has 0 bridgehead atoms. The summed E-state index contributed by atoms with van der Waals surface area (Å²) < 4.78 is 1.69. The molecular weight excluding hydrogens is 176 g/mol. The van der Waals surface area contributed by atoms with Gasteiger partial charge >= 0.3 is 0 Å². The highest BCUT2D eigenvalue weighted by atomic mass is 15.4. The van der Waals surface area contributed by atoms with Crippen LogP contribution in [-0.2, 0) is 0 Å². The maximum atomic E-state index is 4.32. The Morgan fingerprint density at radius 2 is 2.07 bits per heavy atom. The van der Waals surface area contributed by atoms with Crippen LogP contribution < -0.4 is 0 Å². The van der Waals surface area contributed by atoms with Gasteiger partial charge in [0.1, 0.15) is 0 Å². The van der Waals surface area contributed by atoms with E-state index in [1.807, 2.05) is 26.1 Å². The molecule has 1 aromatic heterocycles. The first-order valence-corrected chi connectivity index (χ1v) is 4.77. The van der Waals surface area contributed by atoms with Crippen molar-refractivity contribution < 1.29 is 0 Å². The number of aromatic nitrogens is 3. The normalized spacial score (nSPS) is 12.4. The van der Waals surface area contributed by atoms with Crippen molar-refractivity contribution in [3.8, 4) is 0 Å². The zero-order valence-electron chi connectivity index (χ0n) is 9.10. The molecule has 0 spiro atoms. The number of allylic oxidation sites excluding steroid dienone is 1. The van der Waals surface area contributed by atoms with Crippen molar-refractivity contribution >= 4 is 18.4 Å². The third kappa shape index (κ3) is 2.28. The van der Waals surface area contributed by atoms with Crippen molar-refractivity contribution in [2.24, 2.45) is 4.99 Å². The Kier molecular flexibility index (Phi) is 3.56. The third-order valence-corrected chi connectivity index (χ3v) is 1.68. The van der Waals surface area contributed by atoms with Crippen molar-refractivity contribution in [2.45, 2.75) is 33.6 Å². The number of nitrogens with zero attached hydrogens (tertiary/aromatic N) is 4. The average Bonchev–Trinajstić information content (AvgIpc) is 2.50. The van der Waals surface area contributed by atoms with E-state index in [9.17, 15) is 0 Å². The predicted molar refractivity (Wildman–Crippen MR) is 58.9 cm³/mol. The fourth-order valence-electron chi connectivity index (χ4n) is 1.02. The lowest BCUT2D eigenvalue weighted by Gasteiger charge is -1.93. The Bertz CT molecular complexity index is 318. The molecule has 76 valence electrons. The molecule has 0 aliphatic heterocycles. The monoisotopic (exact) mass is 192 g/mol. The van der Waals surface area contributed by atoms with Crippen LogP contribution in [0.2, 0.25) is 0 Å². The number of hydrogen-bond donors (Lipinski definition) is 0. The summed E-state index contributed by atoms with van der Waals surface area (Å²) in [6.45, 7) is 7.93. The van der Waals surface area contributed by atoms with Crippen LogP contribution in [0.3, 0.4) is 0 Å². The van der Waals surface area contributed by atoms with E-state index < -0.39 is 0 Å². The lowest BCUT2D eigenvalue weighted by molar-refractivity contribution is 0.764. The minimum Gasteiger partial charge on any atom is -0.224 e. The first-order valence-electron chi connectivity index (χ1n) is 4.77.